The van der Waals surface area contributed by atoms with Crippen molar-refractivity contribution in [1.29, 1.82) is 0 Å². The topological polar surface area (TPSA) is 89.0 Å². The summed E-state index contributed by atoms with van der Waals surface area (Å²) in [6.07, 6.45) is 0.597. The van der Waals surface area contributed by atoms with Crippen LogP contribution in [0.4, 0.5) is 0 Å². The number of aryl methyl sites for hydroxylation is 1. The Balaban J connectivity index is 0. The van der Waals surface area contributed by atoms with Crippen LogP contribution in [0.1, 0.15) is 64.7 Å². The van der Waals surface area contributed by atoms with Crippen LogP contribution >= 0.6 is 0 Å². The molecule has 1 rings (SSSR count). The fraction of sp³-hybridized carbons (Fsp3) is 0.588. The molecule has 0 aliphatic heterocycles. The van der Waals surface area contributed by atoms with Gasteiger partial charge in [0, 0.05) is 48.2 Å². The van der Waals surface area contributed by atoms with Gasteiger partial charge in [-0.25, -0.2) is 0 Å². The minimum Gasteiger partial charge on any atom is -0.507 e. The van der Waals surface area contributed by atoms with Gasteiger partial charge in [-0.05, 0) is 33.9 Å². The smallest absolute Gasteiger partial charge is 0.303 e. The molecule has 0 radical (unpaired) electrons. The van der Waals surface area contributed by atoms with Gasteiger partial charge in [0.1, 0.15) is 5.75 Å². The maximum Gasteiger partial charge on any atom is 0.303 e. The third-order valence-electron chi connectivity index (χ3n) is 3.41. The molecule has 0 saturated heterocycles. The molecule has 4 nitrogen and oxygen atoms in total. The van der Waals surface area contributed by atoms with E-state index in [1.54, 1.807) is 0 Å². The Morgan fingerprint density at radius 2 is 1.36 bits per heavy atom. The average molecular weight is 437 g/mol. The zero-order chi connectivity index (χ0) is 15.7. The summed E-state index contributed by atoms with van der Waals surface area (Å²) in [4.78, 5) is 10.8. The van der Waals surface area contributed by atoms with Crippen molar-refractivity contribution in [2.75, 3.05) is 0 Å². The Labute approximate surface area is 167 Å². The molecule has 0 fully saturated rings. The second kappa shape index (κ2) is 8.62. The molecule has 0 aliphatic rings. The largest absolute Gasteiger partial charge is 0.507 e. The third-order valence-corrected chi connectivity index (χ3v) is 3.41. The summed E-state index contributed by atoms with van der Waals surface area (Å²) in [7, 11) is 0. The first kappa shape index (κ1) is 24.1. The number of phenols is 1. The summed E-state index contributed by atoms with van der Waals surface area (Å²) in [6.45, 7) is 12.3. The van der Waals surface area contributed by atoms with Crippen LogP contribution in [0.25, 0.3) is 0 Å². The normalized spacial score (nSPS) is 11.4. The molecule has 22 heavy (non-hydrogen) atoms. The van der Waals surface area contributed by atoms with Crippen molar-refractivity contribution in [3.05, 3.63) is 28.8 Å². The quantitative estimate of drug-likeness (QED) is 0.763. The Kier molecular flexibility index (Phi) is 9.43. The van der Waals surface area contributed by atoms with E-state index in [1.807, 2.05) is 12.1 Å². The Morgan fingerprint density at radius 3 is 1.64 bits per heavy atom. The van der Waals surface area contributed by atoms with Crippen LogP contribution in [0.15, 0.2) is 12.1 Å². The fourth-order valence-electron chi connectivity index (χ4n) is 2.23. The SMILES string of the molecule is CC(C)(C)c1cc(CCC(=O)O)cc(C(C)(C)C)c1O.O.[Ce]. The van der Waals surface area contributed by atoms with E-state index < -0.39 is 5.97 Å². The predicted molar refractivity (Wildman–Crippen MR) is 85.1 cm³/mol. The summed E-state index contributed by atoms with van der Waals surface area (Å²) in [5, 5.41) is 19.4. The van der Waals surface area contributed by atoms with Crippen molar-refractivity contribution in [3.8, 4) is 5.75 Å². The van der Waals surface area contributed by atoms with Crippen molar-refractivity contribution in [1.82, 2.24) is 0 Å². The van der Waals surface area contributed by atoms with Crippen LogP contribution in [0.2, 0.25) is 0 Å². The van der Waals surface area contributed by atoms with Crippen LogP contribution < -0.4 is 0 Å². The maximum absolute atomic E-state index is 10.8. The number of carboxylic acid groups (broad SMARTS) is 1. The summed E-state index contributed by atoms with van der Waals surface area (Å²) in [6, 6.07) is 3.88. The average Bonchev–Trinajstić information content (AvgIpc) is 2.24. The first-order valence-electron chi connectivity index (χ1n) is 7.01. The van der Waals surface area contributed by atoms with E-state index in [9.17, 15) is 9.90 Å². The molecule has 0 amide bonds. The Bertz CT molecular complexity index is 475. The second-order valence-electron chi connectivity index (χ2n) is 7.43. The number of hydrogen-bond donors (Lipinski definition) is 2. The van der Waals surface area contributed by atoms with E-state index in [0.29, 0.717) is 12.2 Å². The molecule has 0 bridgehead atoms. The van der Waals surface area contributed by atoms with Crippen molar-refractivity contribution >= 4 is 5.97 Å². The molecule has 0 spiro atoms. The van der Waals surface area contributed by atoms with Gasteiger partial charge in [-0.15, -0.1) is 0 Å². The van der Waals surface area contributed by atoms with Crippen molar-refractivity contribution in [3.63, 3.8) is 0 Å². The van der Waals surface area contributed by atoms with Gasteiger partial charge in [0.05, 0.1) is 0 Å². The van der Waals surface area contributed by atoms with Gasteiger partial charge in [0.25, 0.3) is 0 Å². The molecular weight excluding hydrogens is 408 g/mol. The third kappa shape index (κ3) is 6.52. The molecule has 124 valence electrons. The zero-order valence-electron chi connectivity index (χ0n) is 14.4. The van der Waals surface area contributed by atoms with Gasteiger partial charge in [-0.3, -0.25) is 4.79 Å². The summed E-state index contributed by atoms with van der Waals surface area (Å²) >= 11 is 0. The minimum atomic E-state index is -0.798. The van der Waals surface area contributed by atoms with Gasteiger partial charge in [0.15, 0.2) is 0 Å². The van der Waals surface area contributed by atoms with E-state index in [-0.39, 0.29) is 64.5 Å². The molecule has 1 aromatic carbocycles. The van der Waals surface area contributed by atoms with Crippen LogP contribution in [0, 0.1) is 41.7 Å². The van der Waals surface area contributed by atoms with Crippen molar-refractivity contribution < 1.29 is 62.2 Å². The molecule has 0 saturated carbocycles. The fourth-order valence-corrected chi connectivity index (χ4v) is 2.23. The van der Waals surface area contributed by atoms with Gasteiger partial charge in [0.2, 0.25) is 0 Å². The summed E-state index contributed by atoms with van der Waals surface area (Å²) in [5.41, 5.74) is 2.38. The Morgan fingerprint density at radius 1 is 1.00 bits per heavy atom. The number of aliphatic carboxylic acids is 1. The number of carboxylic acids is 1. The molecule has 0 atom stereocenters. The van der Waals surface area contributed by atoms with E-state index in [0.717, 1.165) is 16.7 Å². The van der Waals surface area contributed by atoms with Gasteiger partial charge < -0.3 is 15.7 Å². The van der Waals surface area contributed by atoms with Crippen LogP contribution in [0.3, 0.4) is 0 Å². The number of phenolic OH excluding ortho intramolecular Hbond substituents is 1. The minimum absolute atomic E-state index is 0. The number of benzene rings is 1. The van der Waals surface area contributed by atoms with E-state index in [1.165, 1.54) is 0 Å². The second-order valence-corrected chi connectivity index (χ2v) is 7.43. The van der Waals surface area contributed by atoms with E-state index in [4.69, 9.17) is 5.11 Å². The summed E-state index contributed by atoms with van der Waals surface area (Å²) in [5.74, 6) is -0.461. The molecule has 0 aromatic heterocycles. The monoisotopic (exact) mass is 436 g/mol. The maximum atomic E-state index is 10.8. The van der Waals surface area contributed by atoms with Gasteiger partial charge in [-0.2, -0.15) is 0 Å². The molecule has 0 unspecified atom stereocenters. The van der Waals surface area contributed by atoms with Crippen LogP contribution in [0.5, 0.6) is 5.75 Å². The molecule has 0 heterocycles. The number of carbonyl (C=O) groups is 1. The standard InChI is InChI=1S/C17H26O3.Ce.H2O/c1-16(2,3)12-9-11(7-8-14(18)19)10-13(15(12)20)17(4,5)6;;/h9-10,20H,7-8H2,1-6H3,(H,18,19);;1H2. The number of rotatable bonds is 3. The Hall–Kier alpha value is -0.173. The predicted octanol–water partition coefficient (Wildman–Crippen LogP) is 3.18. The number of aromatic hydroxyl groups is 1. The molecule has 0 aliphatic carbocycles. The van der Waals surface area contributed by atoms with Crippen LogP contribution in [-0.4, -0.2) is 21.7 Å². The van der Waals surface area contributed by atoms with Gasteiger partial charge >= 0.3 is 5.97 Å². The molecule has 4 N–H and O–H groups in total. The van der Waals surface area contributed by atoms with Crippen LogP contribution in [-0.2, 0) is 22.0 Å². The number of hydrogen-bond acceptors (Lipinski definition) is 2. The van der Waals surface area contributed by atoms with Gasteiger partial charge in [-0.1, -0.05) is 53.7 Å². The van der Waals surface area contributed by atoms with Crippen molar-refractivity contribution in [2.45, 2.75) is 65.2 Å². The zero-order valence-corrected chi connectivity index (χ0v) is 17.5. The first-order chi connectivity index (χ1) is 8.93. The molecule has 5 heteroatoms. The molecule has 1 aromatic rings. The summed E-state index contributed by atoms with van der Waals surface area (Å²) < 4.78 is 0. The first-order valence-corrected chi connectivity index (χ1v) is 7.01. The molecular formula is C17H28CeO4. The van der Waals surface area contributed by atoms with E-state index in [2.05, 4.69) is 41.5 Å². The van der Waals surface area contributed by atoms with Crippen molar-refractivity contribution in [2.24, 2.45) is 0 Å². The van der Waals surface area contributed by atoms with E-state index >= 15 is 0 Å².